The molecule has 0 aliphatic carbocycles. The summed E-state index contributed by atoms with van der Waals surface area (Å²) >= 11 is 1.13. The molecule has 0 aliphatic rings. The van der Waals surface area contributed by atoms with Gasteiger partial charge in [-0.1, -0.05) is 30.3 Å². The van der Waals surface area contributed by atoms with Crippen molar-refractivity contribution in [3.8, 4) is 11.5 Å². The van der Waals surface area contributed by atoms with E-state index in [1.807, 2.05) is 0 Å². The molecule has 0 amide bonds. The molecule has 27 heavy (non-hydrogen) atoms. The molecular weight excluding hydrogens is 389 g/mol. The second-order valence-electron chi connectivity index (χ2n) is 5.46. The van der Waals surface area contributed by atoms with Crippen LogP contribution in [0.2, 0.25) is 0 Å². The molecule has 1 aromatic heterocycles. The van der Waals surface area contributed by atoms with Gasteiger partial charge in [-0.25, -0.2) is 12.8 Å². The molecule has 0 aliphatic heterocycles. The predicted octanol–water partition coefficient (Wildman–Crippen LogP) is 4.17. The lowest BCUT2D eigenvalue weighted by Crippen LogP contribution is -2.34. The molecule has 0 N–H and O–H groups in total. The van der Waals surface area contributed by atoms with Gasteiger partial charge in [-0.15, -0.1) is 11.3 Å². The fourth-order valence-electron chi connectivity index (χ4n) is 2.53. The van der Waals surface area contributed by atoms with E-state index < -0.39 is 15.8 Å². The normalized spacial score (nSPS) is 11.2. The highest BCUT2D eigenvalue weighted by Crippen LogP contribution is 2.33. The van der Waals surface area contributed by atoms with Crippen LogP contribution in [0.3, 0.4) is 0 Å². The number of sulfonamides is 1. The number of anilines is 1. The fraction of sp³-hybridized carbons (Fsp3) is 0.158. The van der Waals surface area contributed by atoms with Crippen LogP contribution in [0.25, 0.3) is 0 Å². The number of nitrogens with zero attached hydrogens (tertiary/aromatic N) is 1. The number of ether oxygens (including phenoxy) is 2. The topological polar surface area (TPSA) is 55.8 Å². The van der Waals surface area contributed by atoms with E-state index in [2.05, 4.69) is 0 Å². The van der Waals surface area contributed by atoms with E-state index in [9.17, 15) is 12.8 Å². The highest BCUT2D eigenvalue weighted by Gasteiger charge is 2.28. The summed E-state index contributed by atoms with van der Waals surface area (Å²) in [6, 6.07) is 16.0. The Kier molecular flexibility index (Phi) is 5.98. The minimum absolute atomic E-state index is 0.00502. The summed E-state index contributed by atoms with van der Waals surface area (Å²) in [4.78, 5) is 0. The molecule has 3 rings (SSSR count). The van der Waals surface area contributed by atoms with Crippen LogP contribution in [0.15, 0.2) is 70.3 Å². The van der Waals surface area contributed by atoms with Crippen LogP contribution in [0, 0.1) is 5.82 Å². The van der Waals surface area contributed by atoms with Crippen LogP contribution < -0.4 is 13.8 Å². The Balaban J connectivity index is 1.90. The van der Waals surface area contributed by atoms with Gasteiger partial charge < -0.3 is 9.47 Å². The SMILES string of the molecule is COc1ccccc1N(CCOc1ccccc1F)S(=O)(=O)c1cccs1. The van der Waals surface area contributed by atoms with Crippen LogP contribution in [-0.4, -0.2) is 28.7 Å². The lowest BCUT2D eigenvalue weighted by atomic mass is 10.3. The molecule has 3 aromatic rings. The van der Waals surface area contributed by atoms with E-state index in [0.29, 0.717) is 11.4 Å². The molecule has 2 aromatic carbocycles. The first-order valence-electron chi connectivity index (χ1n) is 8.10. The van der Waals surface area contributed by atoms with E-state index >= 15 is 0 Å². The third-order valence-corrected chi connectivity index (χ3v) is 6.97. The van der Waals surface area contributed by atoms with Crippen molar-refractivity contribution in [1.82, 2.24) is 0 Å². The van der Waals surface area contributed by atoms with Crippen molar-refractivity contribution in [1.29, 1.82) is 0 Å². The molecule has 0 unspecified atom stereocenters. The molecule has 0 bridgehead atoms. The standard InChI is InChI=1S/C19H18FNO4S2/c1-24-18-10-5-3-8-16(18)21(27(22,23)19-11-6-14-26-19)12-13-25-17-9-4-2-7-15(17)20/h2-11,14H,12-13H2,1H3. The average molecular weight is 407 g/mol. The summed E-state index contributed by atoms with van der Waals surface area (Å²) in [6.07, 6.45) is 0. The third kappa shape index (κ3) is 4.23. The van der Waals surface area contributed by atoms with Gasteiger partial charge in [-0.3, -0.25) is 4.31 Å². The Labute approximate surface area is 161 Å². The highest BCUT2D eigenvalue weighted by molar-refractivity contribution is 7.94. The second kappa shape index (κ2) is 8.41. The zero-order chi connectivity index (χ0) is 19.3. The van der Waals surface area contributed by atoms with Gasteiger partial charge in [0.1, 0.15) is 16.6 Å². The first-order chi connectivity index (χ1) is 13.0. The number of para-hydroxylation sites is 3. The molecule has 0 fully saturated rings. The van der Waals surface area contributed by atoms with E-state index in [-0.39, 0.29) is 23.1 Å². The number of benzene rings is 2. The first kappa shape index (κ1) is 19.2. The Morgan fingerprint density at radius 2 is 1.70 bits per heavy atom. The molecule has 0 saturated heterocycles. The molecule has 1 heterocycles. The number of rotatable bonds is 8. The fourth-order valence-corrected chi connectivity index (χ4v) is 5.09. The van der Waals surface area contributed by atoms with Crippen molar-refractivity contribution < 1.29 is 22.3 Å². The van der Waals surface area contributed by atoms with Crippen molar-refractivity contribution in [2.24, 2.45) is 0 Å². The largest absolute Gasteiger partial charge is 0.495 e. The maximum atomic E-state index is 13.7. The van der Waals surface area contributed by atoms with Gasteiger partial charge in [-0.2, -0.15) is 0 Å². The average Bonchev–Trinajstić information content (AvgIpc) is 3.22. The lowest BCUT2D eigenvalue weighted by molar-refractivity contribution is 0.311. The number of halogens is 1. The summed E-state index contributed by atoms with van der Waals surface area (Å²) in [6.45, 7) is -0.0292. The summed E-state index contributed by atoms with van der Waals surface area (Å²) in [7, 11) is -2.33. The smallest absolute Gasteiger partial charge is 0.274 e. The van der Waals surface area contributed by atoms with Gasteiger partial charge in [0, 0.05) is 0 Å². The predicted molar refractivity (Wildman–Crippen MR) is 104 cm³/mol. The van der Waals surface area contributed by atoms with Crippen LogP contribution in [0.4, 0.5) is 10.1 Å². The molecular formula is C19H18FNO4S2. The minimum Gasteiger partial charge on any atom is -0.495 e. The van der Waals surface area contributed by atoms with Crippen molar-refractivity contribution in [2.75, 3.05) is 24.6 Å². The Morgan fingerprint density at radius 1 is 1.00 bits per heavy atom. The van der Waals surface area contributed by atoms with Gasteiger partial charge in [0.25, 0.3) is 10.0 Å². The molecule has 142 valence electrons. The van der Waals surface area contributed by atoms with Gasteiger partial charge in [0.05, 0.1) is 19.3 Å². The monoisotopic (exact) mass is 407 g/mol. The van der Waals surface area contributed by atoms with Gasteiger partial charge in [0.15, 0.2) is 11.6 Å². The lowest BCUT2D eigenvalue weighted by Gasteiger charge is -2.25. The molecule has 8 heteroatoms. The highest BCUT2D eigenvalue weighted by atomic mass is 32.2. The Morgan fingerprint density at radius 3 is 2.37 bits per heavy atom. The summed E-state index contributed by atoms with van der Waals surface area (Å²) < 4.78 is 52.2. The van der Waals surface area contributed by atoms with Crippen molar-refractivity contribution in [3.63, 3.8) is 0 Å². The van der Waals surface area contributed by atoms with E-state index in [4.69, 9.17) is 9.47 Å². The van der Waals surface area contributed by atoms with Crippen molar-refractivity contribution in [2.45, 2.75) is 4.21 Å². The maximum absolute atomic E-state index is 13.7. The second-order valence-corrected chi connectivity index (χ2v) is 8.50. The Bertz CT molecular complexity index is 990. The van der Waals surface area contributed by atoms with Crippen LogP contribution >= 0.6 is 11.3 Å². The van der Waals surface area contributed by atoms with Crippen molar-refractivity contribution >= 4 is 27.0 Å². The van der Waals surface area contributed by atoms with E-state index in [1.165, 1.54) is 23.5 Å². The van der Waals surface area contributed by atoms with Crippen LogP contribution in [0.5, 0.6) is 11.5 Å². The number of methoxy groups -OCH3 is 1. The quantitative estimate of drug-likeness (QED) is 0.562. The zero-order valence-corrected chi connectivity index (χ0v) is 16.2. The molecule has 0 saturated carbocycles. The molecule has 0 radical (unpaired) electrons. The van der Waals surface area contributed by atoms with Gasteiger partial charge >= 0.3 is 0 Å². The van der Waals surface area contributed by atoms with Gasteiger partial charge in [0.2, 0.25) is 0 Å². The maximum Gasteiger partial charge on any atom is 0.274 e. The number of hydrogen-bond acceptors (Lipinski definition) is 5. The zero-order valence-electron chi connectivity index (χ0n) is 14.5. The molecule has 0 spiro atoms. The number of hydrogen-bond donors (Lipinski definition) is 0. The minimum atomic E-state index is -3.81. The summed E-state index contributed by atoms with van der Waals surface area (Å²) in [5.74, 6) is -0.00280. The Hall–Kier alpha value is -2.58. The van der Waals surface area contributed by atoms with Crippen LogP contribution in [-0.2, 0) is 10.0 Å². The summed E-state index contributed by atoms with van der Waals surface area (Å²) in [5.41, 5.74) is 0.394. The molecule has 5 nitrogen and oxygen atoms in total. The summed E-state index contributed by atoms with van der Waals surface area (Å²) in [5, 5.41) is 1.70. The third-order valence-electron chi connectivity index (χ3n) is 3.78. The van der Waals surface area contributed by atoms with E-state index in [0.717, 1.165) is 11.3 Å². The van der Waals surface area contributed by atoms with Gasteiger partial charge in [-0.05, 0) is 35.7 Å². The molecule has 0 atom stereocenters. The van der Waals surface area contributed by atoms with Crippen molar-refractivity contribution in [3.05, 3.63) is 71.9 Å². The number of thiophene rings is 1. The van der Waals surface area contributed by atoms with E-state index in [1.54, 1.807) is 53.9 Å². The first-order valence-corrected chi connectivity index (χ1v) is 10.4. The van der Waals surface area contributed by atoms with Crippen LogP contribution in [0.1, 0.15) is 0 Å².